The second-order valence-electron chi connectivity index (χ2n) is 3.51. The summed E-state index contributed by atoms with van der Waals surface area (Å²) >= 11 is 0. The van der Waals surface area contributed by atoms with Gasteiger partial charge in [-0.15, -0.1) is 0 Å². The van der Waals surface area contributed by atoms with Gasteiger partial charge in [0, 0.05) is 13.1 Å². The molecule has 1 aromatic heterocycles. The molecular formula is C10H9F4N3. The number of alkyl halides is 3. The van der Waals surface area contributed by atoms with Crippen LogP contribution in [0.3, 0.4) is 0 Å². The number of benzene rings is 1. The van der Waals surface area contributed by atoms with Crippen LogP contribution in [0, 0.1) is 5.82 Å². The van der Waals surface area contributed by atoms with Crippen LogP contribution in [0.2, 0.25) is 0 Å². The lowest BCUT2D eigenvalue weighted by Gasteiger charge is -2.09. The molecule has 0 aliphatic rings. The summed E-state index contributed by atoms with van der Waals surface area (Å²) in [7, 11) is 0. The first-order valence-corrected chi connectivity index (χ1v) is 4.86. The van der Waals surface area contributed by atoms with Crippen molar-refractivity contribution in [3.63, 3.8) is 0 Å². The van der Waals surface area contributed by atoms with E-state index in [-0.39, 0.29) is 24.1 Å². The van der Waals surface area contributed by atoms with Gasteiger partial charge in [-0.2, -0.15) is 13.2 Å². The lowest BCUT2D eigenvalue weighted by Crippen LogP contribution is -2.18. The van der Waals surface area contributed by atoms with Crippen molar-refractivity contribution in [3.8, 4) is 0 Å². The highest BCUT2D eigenvalue weighted by Gasteiger charge is 2.37. The van der Waals surface area contributed by atoms with Gasteiger partial charge >= 0.3 is 6.18 Å². The maximum absolute atomic E-state index is 13.0. The van der Waals surface area contributed by atoms with E-state index in [1.807, 2.05) is 0 Å². The second kappa shape index (κ2) is 3.99. The first-order valence-electron chi connectivity index (χ1n) is 4.86. The number of nitrogens with two attached hydrogens (primary N) is 1. The van der Waals surface area contributed by atoms with Gasteiger partial charge in [0.1, 0.15) is 5.82 Å². The van der Waals surface area contributed by atoms with Crippen molar-refractivity contribution in [2.45, 2.75) is 12.7 Å². The summed E-state index contributed by atoms with van der Waals surface area (Å²) in [4.78, 5) is 3.46. The predicted octanol–water partition coefficient (Wildman–Crippen LogP) is 2.15. The molecule has 0 spiro atoms. The second-order valence-corrected chi connectivity index (χ2v) is 3.51. The summed E-state index contributed by atoms with van der Waals surface area (Å²) in [6.45, 7) is -0.0418. The molecule has 2 rings (SSSR count). The van der Waals surface area contributed by atoms with E-state index < -0.39 is 17.8 Å². The Morgan fingerprint density at radius 2 is 2.00 bits per heavy atom. The van der Waals surface area contributed by atoms with Crippen LogP contribution in [0.4, 0.5) is 17.6 Å². The van der Waals surface area contributed by atoms with Gasteiger partial charge in [-0.3, -0.25) is 0 Å². The quantitative estimate of drug-likeness (QED) is 0.826. The molecule has 0 atom stereocenters. The number of fused-ring (bicyclic) bond motifs is 1. The van der Waals surface area contributed by atoms with Gasteiger partial charge in [-0.1, -0.05) is 0 Å². The van der Waals surface area contributed by atoms with Gasteiger partial charge in [-0.05, 0) is 18.2 Å². The highest BCUT2D eigenvalue weighted by atomic mass is 19.4. The number of halogens is 4. The highest BCUT2D eigenvalue weighted by molar-refractivity contribution is 5.76. The standard InChI is InChI=1S/C10H9F4N3/c11-6-1-2-7-8(5-6)17(4-3-15)9(16-7)10(12,13)14/h1-2,5H,3-4,15H2. The summed E-state index contributed by atoms with van der Waals surface area (Å²) in [5, 5.41) is 0. The van der Waals surface area contributed by atoms with Crippen LogP contribution in [-0.2, 0) is 12.7 Å². The summed E-state index contributed by atoms with van der Waals surface area (Å²) in [6, 6.07) is 3.31. The number of hydrogen-bond donors (Lipinski definition) is 1. The molecule has 0 aliphatic carbocycles. The Bertz CT molecular complexity index is 544. The Labute approximate surface area is 93.8 Å². The van der Waals surface area contributed by atoms with E-state index in [0.717, 1.165) is 16.7 Å². The third kappa shape index (κ3) is 2.10. The normalized spacial score (nSPS) is 12.3. The van der Waals surface area contributed by atoms with E-state index in [2.05, 4.69) is 4.98 Å². The molecule has 0 aliphatic heterocycles. The fraction of sp³-hybridized carbons (Fsp3) is 0.300. The van der Waals surface area contributed by atoms with E-state index in [4.69, 9.17) is 5.73 Å². The highest BCUT2D eigenvalue weighted by Crippen LogP contribution is 2.31. The molecule has 0 amide bonds. The molecule has 0 bridgehead atoms. The van der Waals surface area contributed by atoms with Crippen molar-refractivity contribution >= 4 is 11.0 Å². The third-order valence-corrected chi connectivity index (χ3v) is 2.32. The summed E-state index contributed by atoms with van der Waals surface area (Å²) in [5.41, 5.74) is 5.45. The minimum atomic E-state index is -4.58. The molecular weight excluding hydrogens is 238 g/mol. The van der Waals surface area contributed by atoms with Crippen molar-refractivity contribution in [2.24, 2.45) is 5.73 Å². The van der Waals surface area contributed by atoms with Crippen LogP contribution in [0.15, 0.2) is 18.2 Å². The van der Waals surface area contributed by atoms with E-state index in [0.29, 0.717) is 0 Å². The third-order valence-electron chi connectivity index (χ3n) is 2.32. The molecule has 0 radical (unpaired) electrons. The minimum absolute atomic E-state index is 0.0189. The fourth-order valence-electron chi connectivity index (χ4n) is 1.67. The van der Waals surface area contributed by atoms with Crippen molar-refractivity contribution in [3.05, 3.63) is 29.8 Å². The Morgan fingerprint density at radius 1 is 1.29 bits per heavy atom. The molecule has 7 heteroatoms. The zero-order chi connectivity index (χ0) is 12.6. The van der Waals surface area contributed by atoms with Gasteiger partial charge in [0.15, 0.2) is 0 Å². The molecule has 0 saturated carbocycles. The van der Waals surface area contributed by atoms with E-state index in [1.54, 1.807) is 0 Å². The summed E-state index contributed by atoms with van der Waals surface area (Å²) in [5.74, 6) is -1.66. The van der Waals surface area contributed by atoms with Gasteiger partial charge in [-0.25, -0.2) is 9.37 Å². The SMILES string of the molecule is NCCn1c(C(F)(F)F)nc2ccc(F)cc21. The Balaban J connectivity index is 2.71. The van der Waals surface area contributed by atoms with Crippen LogP contribution in [0.1, 0.15) is 5.82 Å². The van der Waals surface area contributed by atoms with E-state index in [9.17, 15) is 17.6 Å². The molecule has 0 fully saturated rings. The van der Waals surface area contributed by atoms with Crippen LogP contribution < -0.4 is 5.73 Å². The molecule has 92 valence electrons. The van der Waals surface area contributed by atoms with Crippen molar-refractivity contribution in [1.82, 2.24) is 9.55 Å². The zero-order valence-electron chi connectivity index (χ0n) is 8.63. The lowest BCUT2D eigenvalue weighted by molar-refractivity contribution is -0.146. The lowest BCUT2D eigenvalue weighted by atomic mass is 10.3. The molecule has 0 unspecified atom stereocenters. The number of imidazole rings is 1. The predicted molar refractivity (Wildman–Crippen MR) is 53.7 cm³/mol. The maximum atomic E-state index is 13.0. The topological polar surface area (TPSA) is 43.8 Å². The number of hydrogen-bond acceptors (Lipinski definition) is 2. The van der Waals surface area contributed by atoms with Gasteiger partial charge in [0.25, 0.3) is 0 Å². The first kappa shape index (κ1) is 11.8. The zero-order valence-corrected chi connectivity index (χ0v) is 8.63. The van der Waals surface area contributed by atoms with Crippen LogP contribution >= 0.6 is 0 Å². The molecule has 1 heterocycles. The van der Waals surface area contributed by atoms with Crippen LogP contribution in [-0.4, -0.2) is 16.1 Å². The van der Waals surface area contributed by atoms with Crippen LogP contribution in [0.5, 0.6) is 0 Å². The largest absolute Gasteiger partial charge is 0.449 e. The van der Waals surface area contributed by atoms with Gasteiger partial charge in [0.05, 0.1) is 11.0 Å². The summed E-state index contributed by atoms with van der Waals surface area (Å²) < 4.78 is 52.0. The number of nitrogens with zero attached hydrogens (tertiary/aromatic N) is 2. The fourth-order valence-corrected chi connectivity index (χ4v) is 1.67. The Hall–Kier alpha value is -1.63. The Morgan fingerprint density at radius 3 is 2.59 bits per heavy atom. The minimum Gasteiger partial charge on any atom is -0.329 e. The molecule has 3 nitrogen and oxygen atoms in total. The Kier molecular flexibility index (Phi) is 2.78. The van der Waals surface area contributed by atoms with Crippen molar-refractivity contribution < 1.29 is 17.6 Å². The smallest absolute Gasteiger partial charge is 0.329 e. The molecule has 17 heavy (non-hydrogen) atoms. The number of rotatable bonds is 2. The summed E-state index contributed by atoms with van der Waals surface area (Å²) in [6.07, 6.45) is -4.58. The molecule has 1 aromatic carbocycles. The number of aromatic nitrogens is 2. The average molecular weight is 247 g/mol. The van der Waals surface area contributed by atoms with E-state index in [1.165, 1.54) is 6.07 Å². The van der Waals surface area contributed by atoms with Gasteiger partial charge in [0.2, 0.25) is 5.82 Å². The van der Waals surface area contributed by atoms with Crippen LogP contribution in [0.25, 0.3) is 11.0 Å². The molecule has 2 N–H and O–H groups in total. The van der Waals surface area contributed by atoms with Crippen molar-refractivity contribution in [2.75, 3.05) is 6.54 Å². The first-order chi connectivity index (χ1) is 7.93. The average Bonchev–Trinajstić information content (AvgIpc) is 2.57. The monoisotopic (exact) mass is 247 g/mol. The molecule has 2 aromatic rings. The maximum Gasteiger partial charge on any atom is 0.449 e. The van der Waals surface area contributed by atoms with Crippen molar-refractivity contribution in [1.29, 1.82) is 0 Å². The van der Waals surface area contributed by atoms with Gasteiger partial charge < -0.3 is 10.3 Å². The molecule has 0 saturated heterocycles. The van der Waals surface area contributed by atoms with E-state index >= 15 is 0 Å².